The summed E-state index contributed by atoms with van der Waals surface area (Å²) in [4.78, 5) is 12.0. The molecule has 0 spiro atoms. The third-order valence-electron chi connectivity index (χ3n) is 3.67. The van der Waals surface area contributed by atoms with Crippen LogP contribution in [0.4, 0.5) is 0 Å². The van der Waals surface area contributed by atoms with Gasteiger partial charge in [0.15, 0.2) is 0 Å². The monoisotopic (exact) mass is 241 g/mol. The van der Waals surface area contributed by atoms with Crippen molar-refractivity contribution >= 4 is 5.97 Å². The molecule has 1 aliphatic carbocycles. The van der Waals surface area contributed by atoms with E-state index in [1.54, 1.807) is 0 Å². The average Bonchev–Trinajstić information content (AvgIpc) is 2.28. The van der Waals surface area contributed by atoms with E-state index in [1.165, 1.54) is 19.3 Å². The number of esters is 1. The van der Waals surface area contributed by atoms with Crippen LogP contribution in [0.25, 0.3) is 0 Å². The highest BCUT2D eigenvalue weighted by molar-refractivity contribution is 5.72. The van der Waals surface area contributed by atoms with E-state index in [0.717, 1.165) is 12.8 Å². The fraction of sp³-hybridized carbons (Fsp3) is 0.929. The van der Waals surface area contributed by atoms with E-state index in [4.69, 9.17) is 10.5 Å². The van der Waals surface area contributed by atoms with Crippen LogP contribution in [-0.2, 0) is 9.53 Å². The van der Waals surface area contributed by atoms with Crippen molar-refractivity contribution in [3.8, 4) is 0 Å². The van der Waals surface area contributed by atoms with Crippen molar-refractivity contribution in [3.63, 3.8) is 0 Å². The fourth-order valence-corrected chi connectivity index (χ4v) is 2.56. The topological polar surface area (TPSA) is 52.3 Å². The SMILES string of the molecule is CC(C)CC(CN)C(=O)OC1CCCCC1C. The molecule has 2 N–H and O–H groups in total. The number of carbonyl (C=O) groups is 1. The van der Waals surface area contributed by atoms with Crippen molar-refractivity contribution in [1.82, 2.24) is 0 Å². The number of carbonyl (C=O) groups excluding carboxylic acids is 1. The summed E-state index contributed by atoms with van der Waals surface area (Å²) in [5.41, 5.74) is 5.66. The van der Waals surface area contributed by atoms with E-state index in [0.29, 0.717) is 18.4 Å². The van der Waals surface area contributed by atoms with Crippen molar-refractivity contribution in [1.29, 1.82) is 0 Å². The van der Waals surface area contributed by atoms with E-state index >= 15 is 0 Å². The average molecular weight is 241 g/mol. The van der Waals surface area contributed by atoms with Crippen LogP contribution < -0.4 is 5.73 Å². The highest BCUT2D eigenvalue weighted by atomic mass is 16.5. The predicted octanol–water partition coefficient (Wildman–Crippen LogP) is 2.73. The van der Waals surface area contributed by atoms with Gasteiger partial charge in [-0.1, -0.05) is 27.2 Å². The zero-order valence-electron chi connectivity index (χ0n) is 11.4. The molecule has 0 amide bonds. The summed E-state index contributed by atoms with van der Waals surface area (Å²) in [5.74, 6) is 0.786. The first kappa shape index (κ1) is 14.5. The van der Waals surface area contributed by atoms with Crippen molar-refractivity contribution < 1.29 is 9.53 Å². The van der Waals surface area contributed by atoms with Crippen LogP contribution in [0.1, 0.15) is 52.9 Å². The molecule has 0 radical (unpaired) electrons. The Kier molecular flexibility index (Phi) is 5.96. The molecular formula is C14H27NO2. The van der Waals surface area contributed by atoms with Crippen LogP contribution in [0.3, 0.4) is 0 Å². The highest BCUT2D eigenvalue weighted by Crippen LogP contribution is 2.27. The number of ether oxygens (including phenoxy) is 1. The largest absolute Gasteiger partial charge is 0.462 e. The summed E-state index contributed by atoms with van der Waals surface area (Å²) >= 11 is 0. The standard InChI is InChI=1S/C14H27NO2/c1-10(2)8-12(9-15)14(16)17-13-7-5-4-6-11(13)3/h10-13H,4-9,15H2,1-3H3. The molecule has 1 rings (SSSR count). The maximum Gasteiger partial charge on any atom is 0.310 e. The van der Waals surface area contributed by atoms with Gasteiger partial charge in [-0.2, -0.15) is 0 Å². The maximum absolute atomic E-state index is 12.0. The molecule has 100 valence electrons. The van der Waals surface area contributed by atoms with Crippen LogP contribution in [-0.4, -0.2) is 18.6 Å². The summed E-state index contributed by atoms with van der Waals surface area (Å²) in [6.45, 7) is 6.80. The second-order valence-corrected chi connectivity index (χ2v) is 5.80. The van der Waals surface area contributed by atoms with Gasteiger partial charge in [0.05, 0.1) is 5.92 Å². The van der Waals surface area contributed by atoms with Crippen molar-refractivity contribution in [2.24, 2.45) is 23.5 Å². The number of hydrogen-bond acceptors (Lipinski definition) is 3. The quantitative estimate of drug-likeness (QED) is 0.753. The maximum atomic E-state index is 12.0. The smallest absolute Gasteiger partial charge is 0.310 e. The van der Waals surface area contributed by atoms with Gasteiger partial charge < -0.3 is 10.5 Å². The van der Waals surface area contributed by atoms with Crippen molar-refractivity contribution in [2.75, 3.05) is 6.54 Å². The third-order valence-corrected chi connectivity index (χ3v) is 3.67. The summed E-state index contributed by atoms with van der Waals surface area (Å²) in [6.07, 6.45) is 5.59. The van der Waals surface area contributed by atoms with Crippen LogP contribution in [0.15, 0.2) is 0 Å². The van der Waals surface area contributed by atoms with Crippen molar-refractivity contribution in [3.05, 3.63) is 0 Å². The zero-order chi connectivity index (χ0) is 12.8. The Morgan fingerprint density at radius 1 is 1.35 bits per heavy atom. The molecule has 1 saturated carbocycles. The minimum absolute atomic E-state index is 0.0834. The molecule has 3 heteroatoms. The first-order chi connectivity index (χ1) is 8.04. The molecule has 0 saturated heterocycles. The molecule has 3 nitrogen and oxygen atoms in total. The van der Waals surface area contributed by atoms with Gasteiger partial charge in [-0.25, -0.2) is 0 Å². The van der Waals surface area contributed by atoms with E-state index in [2.05, 4.69) is 20.8 Å². The first-order valence-electron chi connectivity index (χ1n) is 6.95. The molecule has 1 aliphatic rings. The summed E-state index contributed by atoms with van der Waals surface area (Å²) in [5, 5.41) is 0. The van der Waals surface area contributed by atoms with Gasteiger partial charge in [0.1, 0.15) is 6.10 Å². The van der Waals surface area contributed by atoms with Gasteiger partial charge in [0.25, 0.3) is 0 Å². The molecule has 3 atom stereocenters. The van der Waals surface area contributed by atoms with Gasteiger partial charge in [0, 0.05) is 6.54 Å². The van der Waals surface area contributed by atoms with Crippen molar-refractivity contribution in [2.45, 2.75) is 59.0 Å². The molecule has 0 heterocycles. The lowest BCUT2D eigenvalue weighted by Gasteiger charge is -2.30. The lowest BCUT2D eigenvalue weighted by molar-refractivity contribution is -0.158. The van der Waals surface area contributed by atoms with E-state index < -0.39 is 0 Å². The Morgan fingerprint density at radius 2 is 2.00 bits per heavy atom. The van der Waals surface area contributed by atoms with E-state index in [-0.39, 0.29) is 18.0 Å². The minimum Gasteiger partial charge on any atom is -0.462 e. The molecule has 0 aromatic heterocycles. The van der Waals surface area contributed by atoms with Crippen LogP contribution >= 0.6 is 0 Å². The van der Waals surface area contributed by atoms with Gasteiger partial charge in [-0.15, -0.1) is 0 Å². The second kappa shape index (κ2) is 7.00. The van der Waals surface area contributed by atoms with E-state index in [1.807, 2.05) is 0 Å². The Labute approximate surface area is 105 Å². The summed E-state index contributed by atoms with van der Waals surface area (Å²) in [7, 11) is 0. The molecule has 0 aromatic rings. The Bertz CT molecular complexity index is 240. The fourth-order valence-electron chi connectivity index (χ4n) is 2.56. The Hall–Kier alpha value is -0.570. The first-order valence-corrected chi connectivity index (χ1v) is 6.95. The number of nitrogens with two attached hydrogens (primary N) is 1. The predicted molar refractivity (Wildman–Crippen MR) is 69.5 cm³/mol. The zero-order valence-corrected chi connectivity index (χ0v) is 11.4. The van der Waals surface area contributed by atoms with E-state index in [9.17, 15) is 4.79 Å². The lowest BCUT2D eigenvalue weighted by Crippen LogP contribution is -2.34. The molecule has 0 aromatic carbocycles. The van der Waals surface area contributed by atoms with Crippen LogP contribution in [0.2, 0.25) is 0 Å². The minimum atomic E-state index is -0.121. The highest BCUT2D eigenvalue weighted by Gasteiger charge is 2.28. The molecule has 0 bridgehead atoms. The van der Waals surface area contributed by atoms with Crippen LogP contribution in [0.5, 0.6) is 0 Å². The lowest BCUT2D eigenvalue weighted by atomic mass is 9.87. The second-order valence-electron chi connectivity index (χ2n) is 5.80. The Balaban J connectivity index is 2.45. The molecular weight excluding hydrogens is 214 g/mol. The molecule has 17 heavy (non-hydrogen) atoms. The van der Waals surface area contributed by atoms with Gasteiger partial charge in [-0.05, 0) is 37.5 Å². The number of rotatable bonds is 5. The molecule has 1 fully saturated rings. The molecule has 3 unspecified atom stereocenters. The van der Waals surface area contributed by atoms with Gasteiger partial charge in [0.2, 0.25) is 0 Å². The normalized spacial score (nSPS) is 26.9. The number of hydrogen-bond donors (Lipinski definition) is 1. The third kappa shape index (κ3) is 4.66. The summed E-state index contributed by atoms with van der Waals surface area (Å²) < 4.78 is 5.64. The summed E-state index contributed by atoms with van der Waals surface area (Å²) in [6, 6.07) is 0. The Morgan fingerprint density at radius 3 is 2.53 bits per heavy atom. The van der Waals surface area contributed by atoms with Crippen LogP contribution in [0, 0.1) is 17.8 Å². The molecule has 0 aliphatic heterocycles. The van der Waals surface area contributed by atoms with Gasteiger partial charge >= 0.3 is 5.97 Å². The van der Waals surface area contributed by atoms with Gasteiger partial charge in [-0.3, -0.25) is 4.79 Å².